The summed E-state index contributed by atoms with van der Waals surface area (Å²) < 4.78 is 60.8. The smallest absolute Gasteiger partial charge is 0.340 e. The lowest BCUT2D eigenvalue weighted by Gasteiger charge is -2.55. The minimum absolute atomic E-state index is 0.00319. The second-order valence-corrected chi connectivity index (χ2v) is 8.16. The van der Waals surface area contributed by atoms with Crippen LogP contribution >= 0.6 is 0 Å². The highest BCUT2D eigenvalue weighted by Gasteiger charge is 2.52. The molecule has 1 saturated carbocycles. The number of piperidine rings is 1. The predicted molar refractivity (Wildman–Crippen MR) is 106 cm³/mol. The van der Waals surface area contributed by atoms with Crippen LogP contribution in [-0.2, 0) is 5.41 Å². The van der Waals surface area contributed by atoms with Gasteiger partial charge in [-0.15, -0.1) is 0 Å². The van der Waals surface area contributed by atoms with Crippen LogP contribution in [0.15, 0.2) is 36.5 Å². The van der Waals surface area contributed by atoms with Gasteiger partial charge in [-0.3, -0.25) is 9.78 Å². The molecule has 2 aliphatic rings. The summed E-state index contributed by atoms with van der Waals surface area (Å²) in [5, 5.41) is 0. The summed E-state index contributed by atoms with van der Waals surface area (Å²) in [6, 6.07) is 8.44. The van der Waals surface area contributed by atoms with Crippen molar-refractivity contribution < 1.29 is 31.8 Å². The van der Waals surface area contributed by atoms with E-state index in [1.807, 2.05) is 18.2 Å². The minimum Gasteiger partial charge on any atom is -0.481 e. The van der Waals surface area contributed by atoms with Gasteiger partial charge in [-0.25, -0.2) is 13.8 Å². The first kappa shape index (κ1) is 22.3. The van der Waals surface area contributed by atoms with Crippen LogP contribution in [0.4, 0.5) is 17.6 Å². The average Bonchev–Trinajstić information content (AvgIpc) is 2.78. The Morgan fingerprint density at radius 2 is 2.09 bits per heavy atom. The van der Waals surface area contributed by atoms with Gasteiger partial charge in [-0.2, -0.15) is 8.78 Å². The van der Waals surface area contributed by atoms with Crippen LogP contribution < -0.4 is 9.47 Å². The maximum Gasteiger partial charge on any atom is 0.340 e. The van der Waals surface area contributed by atoms with Crippen LogP contribution in [-0.4, -0.2) is 59.9 Å². The van der Waals surface area contributed by atoms with E-state index >= 15 is 0 Å². The molecule has 4 rings (SSSR count). The van der Waals surface area contributed by atoms with Crippen LogP contribution in [0.25, 0.3) is 0 Å². The molecule has 1 saturated heterocycles. The number of pyridine rings is 2. The van der Waals surface area contributed by atoms with Crippen LogP contribution in [0.5, 0.6) is 11.6 Å². The summed E-state index contributed by atoms with van der Waals surface area (Å²) in [5.41, 5.74) is 1.13. The number of amides is 1. The Labute approximate surface area is 182 Å². The normalized spacial score (nSPS) is 22.8. The van der Waals surface area contributed by atoms with Crippen LogP contribution in [0.1, 0.15) is 35.4 Å². The lowest BCUT2D eigenvalue weighted by Crippen LogP contribution is -2.57. The Morgan fingerprint density at radius 1 is 1.28 bits per heavy atom. The number of alkyl halides is 4. The number of hydrogen-bond donors (Lipinski definition) is 0. The minimum atomic E-state index is -4.31. The molecule has 0 N–H and O–H groups in total. The first-order valence-electron chi connectivity index (χ1n) is 10.3. The number of carbonyl (C=O) groups is 1. The molecule has 2 aromatic rings. The largest absolute Gasteiger partial charge is 0.481 e. The van der Waals surface area contributed by atoms with E-state index in [1.165, 1.54) is 19.2 Å². The second-order valence-electron chi connectivity index (χ2n) is 8.16. The predicted octanol–water partition coefficient (Wildman–Crippen LogP) is 3.96. The van der Waals surface area contributed by atoms with Gasteiger partial charge in [-0.05, 0) is 49.4 Å². The van der Waals surface area contributed by atoms with E-state index in [1.54, 1.807) is 11.1 Å². The first-order chi connectivity index (χ1) is 15.3. The fraction of sp³-hybridized carbons (Fsp3) is 0.500. The first-order valence-corrected chi connectivity index (χ1v) is 10.3. The number of ether oxygens (including phenoxy) is 2. The standard InChI is InChI=1S/C22H23F4N3O3/c1-31-18-16(32-13-22(25,26)20(23)24)6-5-15(28-18)19(30)29-11-9-21(8-7-14(21)12-29)17-4-2-3-10-27-17/h2-6,10,14,20H,7-9,11-13H2,1H3/t14?,21-/m0/s1. The van der Waals surface area contributed by atoms with Gasteiger partial charge in [0.2, 0.25) is 0 Å². The van der Waals surface area contributed by atoms with Crippen LogP contribution in [0.3, 0.4) is 0 Å². The Kier molecular flexibility index (Phi) is 5.96. The van der Waals surface area contributed by atoms with Crippen molar-refractivity contribution in [2.45, 2.75) is 37.0 Å². The van der Waals surface area contributed by atoms with E-state index in [9.17, 15) is 22.4 Å². The van der Waals surface area contributed by atoms with Crippen molar-refractivity contribution in [3.05, 3.63) is 47.9 Å². The molecule has 1 amide bonds. The number of rotatable bonds is 7. The van der Waals surface area contributed by atoms with E-state index in [0.29, 0.717) is 19.0 Å². The number of nitrogens with zero attached hydrogens (tertiary/aromatic N) is 3. The Hall–Kier alpha value is -2.91. The molecule has 1 unspecified atom stereocenters. The van der Waals surface area contributed by atoms with Crippen molar-refractivity contribution in [3.63, 3.8) is 0 Å². The molecule has 10 heteroatoms. The molecule has 0 aromatic carbocycles. The van der Waals surface area contributed by atoms with Crippen molar-refractivity contribution in [1.29, 1.82) is 0 Å². The summed E-state index contributed by atoms with van der Waals surface area (Å²) in [7, 11) is 1.23. The quantitative estimate of drug-likeness (QED) is 0.594. The summed E-state index contributed by atoms with van der Waals surface area (Å²) in [6.07, 6.45) is 0.765. The molecule has 32 heavy (non-hydrogen) atoms. The van der Waals surface area contributed by atoms with Gasteiger partial charge >= 0.3 is 12.3 Å². The summed E-state index contributed by atoms with van der Waals surface area (Å²) in [5.74, 6) is -4.78. The van der Waals surface area contributed by atoms with Crippen LogP contribution in [0, 0.1) is 5.92 Å². The van der Waals surface area contributed by atoms with Crippen molar-refractivity contribution in [3.8, 4) is 11.6 Å². The van der Waals surface area contributed by atoms with Crippen molar-refractivity contribution in [2.24, 2.45) is 5.92 Å². The van der Waals surface area contributed by atoms with Gasteiger partial charge in [0.15, 0.2) is 12.4 Å². The van der Waals surface area contributed by atoms with Gasteiger partial charge < -0.3 is 14.4 Å². The monoisotopic (exact) mass is 453 g/mol. The lowest BCUT2D eigenvalue weighted by molar-refractivity contribution is -0.148. The van der Waals surface area contributed by atoms with Crippen molar-refractivity contribution in [2.75, 3.05) is 26.8 Å². The maximum atomic E-state index is 13.1. The van der Waals surface area contributed by atoms with E-state index in [0.717, 1.165) is 25.0 Å². The summed E-state index contributed by atoms with van der Waals surface area (Å²) >= 11 is 0. The molecule has 172 valence electrons. The van der Waals surface area contributed by atoms with E-state index in [4.69, 9.17) is 9.47 Å². The zero-order chi connectivity index (χ0) is 22.9. The molecule has 2 aromatic heterocycles. The fourth-order valence-electron chi connectivity index (χ4n) is 4.49. The molecule has 6 nitrogen and oxygen atoms in total. The highest BCUT2D eigenvalue weighted by atomic mass is 19.3. The molecular weight excluding hydrogens is 430 g/mol. The highest BCUT2D eigenvalue weighted by molar-refractivity contribution is 5.92. The number of halogens is 4. The van der Waals surface area contributed by atoms with Gasteiger partial charge in [0.1, 0.15) is 5.69 Å². The molecule has 2 atom stereocenters. The topological polar surface area (TPSA) is 64.5 Å². The van der Waals surface area contributed by atoms with Gasteiger partial charge in [-0.1, -0.05) is 6.07 Å². The van der Waals surface area contributed by atoms with Gasteiger partial charge in [0.05, 0.1) is 7.11 Å². The third kappa shape index (κ3) is 3.98. The molecule has 0 spiro atoms. The maximum absolute atomic E-state index is 13.1. The molecule has 0 radical (unpaired) electrons. The third-order valence-electron chi connectivity index (χ3n) is 6.43. The molecule has 3 heterocycles. The van der Waals surface area contributed by atoms with E-state index in [2.05, 4.69) is 9.97 Å². The number of likely N-dealkylation sites (tertiary alicyclic amines) is 1. The molecule has 0 bridgehead atoms. The average molecular weight is 453 g/mol. The Bertz CT molecular complexity index is 976. The fourth-order valence-corrected chi connectivity index (χ4v) is 4.49. The number of hydrogen-bond acceptors (Lipinski definition) is 5. The number of fused-ring (bicyclic) bond motifs is 1. The summed E-state index contributed by atoms with van der Waals surface area (Å²) in [4.78, 5) is 23.4. The summed E-state index contributed by atoms with van der Waals surface area (Å²) in [6.45, 7) is -0.424. The number of methoxy groups -OCH3 is 1. The van der Waals surface area contributed by atoms with Gasteiger partial charge in [0, 0.05) is 30.4 Å². The zero-order valence-electron chi connectivity index (χ0n) is 17.4. The molecular formula is C22H23F4N3O3. The number of aromatic nitrogens is 2. The Morgan fingerprint density at radius 3 is 2.69 bits per heavy atom. The zero-order valence-corrected chi connectivity index (χ0v) is 17.4. The van der Waals surface area contributed by atoms with Gasteiger partial charge in [0.25, 0.3) is 11.8 Å². The van der Waals surface area contributed by atoms with Crippen molar-refractivity contribution in [1.82, 2.24) is 14.9 Å². The SMILES string of the molecule is COc1nc(C(=O)N2CC[C@@]3(c4ccccn4)CCC3C2)ccc1OCC(F)(F)C(F)F. The third-order valence-corrected chi connectivity index (χ3v) is 6.43. The highest BCUT2D eigenvalue weighted by Crippen LogP contribution is 2.53. The van der Waals surface area contributed by atoms with E-state index < -0.39 is 19.0 Å². The molecule has 1 aliphatic heterocycles. The molecule has 1 aliphatic carbocycles. The van der Waals surface area contributed by atoms with Crippen LogP contribution in [0.2, 0.25) is 0 Å². The Balaban J connectivity index is 1.45. The lowest BCUT2D eigenvalue weighted by atomic mass is 9.55. The molecule has 2 fully saturated rings. The number of carbonyl (C=O) groups excluding carboxylic acids is 1. The van der Waals surface area contributed by atoms with E-state index in [-0.39, 0.29) is 28.6 Å². The second kappa shape index (κ2) is 8.55. The van der Waals surface area contributed by atoms with Crippen molar-refractivity contribution >= 4 is 5.91 Å².